The molecule has 92 valence electrons. The van der Waals surface area contributed by atoms with E-state index in [1.807, 2.05) is 18.2 Å². The molecule has 1 aromatic heterocycles. The summed E-state index contributed by atoms with van der Waals surface area (Å²) in [5.41, 5.74) is 1.35. The van der Waals surface area contributed by atoms with Crippen molar-refractivity contribution >= 4 is 11.6 Å². The van der Waals surface area contributed by atoms with Crippen molar-refractivity contribution in [3.8, 4) is 22.8 Å². The summed E-state index contributed by atoms with van der Waals surface area (Å²) >= 11 is 5.99. The van der Waals surface area contributed by atoms with Gasteiger partial charge < -0.3 is 9.47 Å². The smallest absolute Gasteiger partial charge is 0.161 e. The summed E-state index contributed by atoms with van der Waals surface area (Å²) in [6.07, 6.45) is 2.19. The fraction of sp³-hybridized carbons (Fsp3) is 0.250. The molecule has 0 atom stereocenters. The first kappa shape index (κ1) is 11.2. The summed E-state index contributed by atoms with van der Waals surface area (Å²) < 4.78 is 11.2. The van der Waals surface area contributed by atoms with Gasteiger partial charge in [0, 0.05) is 12.0 Å². The van der Waals surface area contributed by atoms with Crippen molar-refractivity contribution in [1.82, 2.24) is 15.2 Å². The highest BCUT2D eigenvalue weighted by atomic mass is 35.5. The molecule has 0 saturated carbocycles. The second-order valence-electron chi connectivity index (χ2n) is 3.81. The second-order valence-corrected chi connectivity index (χ2v) is 4.17. The Morgan fingerprint density at radius 1 is 1.11 bits per heavy atom. The fourth-order valence-electron chi connectivity index (χ4n) is 1.75. The zero-order chi connectivity index (χ0) is 12.4. The molecule has 0 saturated heterocycles. The number of ether oxygens (including phenoxy) is 2. The number of halogens is 1. The van der Waals surface area contributed by atoms with Gasteiger partial charge in [-0.2, -0.15) is 0 Å². The number of aromatic nitrogens is 3. The van der Waals surface area contributed by atoms with E-state index in [1.54, 1.807) is 0 Å². The van der Waals surface area contributed by atoms with E-state index >= 15 is 0 Å². The summed E-state index contributed by atoms with van der Waals surface area (Å²) in [4.78, 5) is 3.91. The lowest BCUT2D eigenvalue weighted by atomic mass is 10.1. The van der Waals surface area contributed by atoms with Crippen molar-refractivity contribution in [2.75, 3.05) is 13.2 Å². The highest BCUT2D eigenvalue weighted by Gasteiger charge is 2.14. The molecule has 3 rings (SSSR count). The average molecular weight is 264 g/mol. The normalized spacial score (nSPS) is 14.1. The minimum absolute atomic E-state index is 0.319. The van der Waals surface area contributed by atoms with Crippen LogP contribution in [0.15, 0.2) is 24.5 Å². The topological polar surface area (TPSA) is 57.1 Å². The largest absolute Gasteiger partial charge is 0.490 e. The number of rotatable bonds is 1. The Balaban J connectivity index is 2.04. The molecule has 0 fully saturated rings. The van der Waals surface area contributed by atoms with Crippen molar-refractivity contribution < 1.29 is 9.47 Å². The summed E-state index contributed by atoms with van der Waals surface area (Å²) in [5.74, 6) is 1.44. The lowest BCUT2D eigenvalue weighted by molar-refractivity contribution is 0.297. The molecule has 18 heavy (non-hydrogen) atoms. The molecular weight excluding hydrogens is 254 g/mol. The maximum absolute atomic E-state index is 5.99. The van der Waals surface area contributed by atoms with Crippen molar-refractivity contribution in [3.05, 3.63) is 29.7 Å². The predicted molar refractivity (Wildman–Crippen MR) is 65.9 cm³/mol. The van der Waals surface area contributed by atoms with Gasteiger partial charge in [-0.15, -0.1) is 10.2 Å². The van der Waals surface area contributed by atoms with E-state index in [-0.39, 0.29) is 0 Å². The molecular formula is C12H10ClN3O2. The first-order valence-electron chi connectivity index (χ1n) is 5.58. The number of nitrogens with zero attached hydrogens (tertiary/aromatic N) is 3. The lowest BCUT2D eigenvalue weighted by Gasteiger charge is -2.09. The van der Waals surface area contributed by atoms with E-state index < -0.39 is 0 Å². The van der Waals surface area contributed by atoms with Gasteiger partial charge in [0.05, 0.1) is 13.2 Å². The van der Waals surface area contributed by atoms with Crippen molar-refractivity contribution in [1.29, 1.82) is 0 Å². The number of hydrogen-bond donors (Lipinski definition) is 0. The van der Waals surface area contributed by atoms with Gasteiger partial charge >= 0.3 is 0 Å². The Bertz CT molecular complexity index is 577. The van der Waals surface area contributed by atoms with Gasteiger partial charge in [-0.25, -0.2) is 4.98 Å². The Morgan fingerprint density at radius 2 is 1.94 bits per heavy atom. The fourth-order valence-corrected chi connectivity index (χ4v) is 1.94. The SMILES string of the molecule is Clc1ncnnc1-c1ccc2c(c1)OCCCO2. The third kappa shape index (κ3) is 2.09. The third-order valence-electron chi connectivity index (χ3n) is 2.60. The summed E-state index contributed by atoms with van der Waals surface area (Å²) in [6.45, 7) is 1.31. The van der Waals surface area contributed by atoms with Crippen LogP contribution in [-0.4, -0.2) is 28.4 Å². The summed E-state index contributed by atoms with van der Waals surface area (Å²) in [6, 6.07) is 5.56. The molecule has 2 aromatic rings. The Kier molecular flexibility index (Phi) is 2.98. The van der Waals surface area contributed by atoms with Gasteiger partial charge in [-0.3, -0.25) is 0 Å². The number of hydrogen-bond acceptors (Lipinski definition) is 5. The molecule has 0 aliphatic carbocycles. The lowest BCUT2D eigenvalue weighted by Crippen LogP contribution is -1.97. The molecule has 1 aromatic carbocycles. The van der Waals surface area contributed by atoms with Crippen LogP contribution >= 0.6 is 11.6 Å². The van der Waals surface area contributed by atoms with Gasteiger partial charge in [-0.05, 0) is 18.2 Å². The van der Waals surface area contributed by atoms with E-state index in [9.17, 15) is 0 Å². The Morgan fingerprint density at radius 3 is 2.78 bits per heavy atom. The molecule has 0 unspecified atom stereocenters. The molecule has 1 aliphatic rings. The summed E-state index contributed by atoms with van der Waals surface area (Å²) in [7, 11) is 0. The van der Waals surface area contributed by atoms with Crippen LogP contribution in [0.3, 0.4) is 0 Å². The number of fused-ring (bicyclic) bond motifs is 1. The third-order valence-corrected chi connectivity index (χ3v) is 2.87. The summed E-state index contributed by atoms with van der Waals surface area (Å²) in [5, 5.41) is 8.03. The second kappa shape index (κ2) is 4.78. The molecule has 1 aliphatic heterocycles. The van der Waals surface area contributed by atoms with Crippen molar-refractivity contribution in [3.63, 3.8) is 0 Å². The van der Waals surface area contributed by atoms with Crippen LogP contribution < -0.4 is 9.47 Å². The first-order valence-corrected chi connectivity index (χ1v) is 5.95. The molecule has 2 heterocycles. The van der Waals surface area contributed by atoms with Crippen LogP contribution in [0, 0.1) is 0 Å². The van der Waals surface area contributed by atoms with Gasteiger partial charge in [0.1, 0.15) is 12.0 Å². The van der Waals surface area contributed by atoms with Crippen molar-refractivity contribution in [2.45, 2.75) is 6.42 Å². The Labute approximate surface area is 109 Å². The monoisotopic (exact) mass is 263 g/mol. The van der Waals surface area contributed by atoms with Crippen molar-refractivity contribution in [2.24, 2.45) is 0 Å². The average Bonchev–Trinajstić information content (AvgIpc) is 2.63. The quantitative estimate of drug-likeness (QED) is 0.790. The van der Waals surface area contributed by atoms with E-state index in [4.69, 9.17) is 21.1 Å². The predicted octanol–water partition coefficient (Wildman–Crippen LogP) is 2.35. The zero-order valence-electron chi connectivity index (χ0n) is 9.47. The molecule has 6 heteroatoms. The van der Waals surface area contributed by atoms with Crippen LogP contribution in [0.1, 0.15) is 6.42 Å². The molecule has 5 nitrogen and oxygen atoms in total. The number of benzene rings is 1. The maximum Gasteiger partial charge on any atom is 0.161 e. The van der Waals surface area contributed by atoms with Gasteiger partial charge in [0.25, 0.3) is 0 Å². The van der Waals surface area contributed by atoms with E-state index in [2.05, 4.69) is 15.2 Å². The highest BCUT2D eigenvalue weighted by Crippen LogP contribution is 2.34. The molecule has 0 radical (unpaired) electrons. The van der Waals surface area contributed by atoms with Gasteiger partial charge in [-0.1, -0.05) is 11.6 Å². The minimum atomic E-state index is 0.319. The van der Waals surface area contributed by atoms with E-state index in [0.717, 1.165) is 17.7 Å². The maximum atomic E-state index is 5.99. The van der Waals surface area contributed by atoms with Crippen LogP contribution in [0.5, 0.6) is 11.5 Å². The van der Waals surface area contributed by atoms with Gasteiger partial charge in [0.2, 0.25) is 0 Å². The molecule has 0 amide bonds. The van der Waals surface area contributed by atoms with Crippen LogP contribution in [0.4, 0.5) is 0 Å². The molecule has 0 N–H and O–H groups in total. The molecule has 0 spiro atoms. The minimum Gasteiger partial charge on any atom is -0.490 e. The van der Waals surface area contributed by atoms with Gasteiger partial charge in [0.15, 0.2) is 16.7 Å². The van der Waals surface area contributed by atoms with Crippen LogP contribution in [0.25, 0.3) is 11.3 Å². The van der Waals surface area contributed by atoms with E-state index in [1.165, 1.54) is 6.33 Å². The molecule has 0 bridgehead atoms. The standard InChI is InChI=1S/C12H10ClN3O2/c13-12-11(16-15-7-14-12)8-2-3-9-10(6-8)18-5-1-4-17-9/h2-3,6-7H,1,4-5H2. The first-order chi connectivity index (χ1) is 8.84. The van der Waals surface area contributed by atoms with Crippen LogP contribution in [0.2, 0.25) is 5.15 Å². The van der Waals surface area contributed by atoms with E-state index in [0.29, 0.717) is 29.8 Å². The highest BCUT2D eigenvalue weighted by molar-refractivity contribution is 6.31. The zero-order valence-corrected chi connectivity index (χ0v) is 10.2. The Hall–Kier alpha value is -1.88. The van der Waals surface area contributed by atoms with Crippen LogP contribution in [-0.2, 0) is 0 Å².